The molecule has 8 nitrogen and oxygen atoms in total. The van der Waals surface area contributed by atoms with Crippen molar-refractivity contribution >= 4 is 15.9 Å². The number of carbonyl (C=O) groups is 1. The molecule has 9 heteroatoms. The summed E-state index contributed by atoms with van der Waals surface area (Å²) in [5.41, 5.74) is -0.556. The monoisotopic (exact) mass is 382 g/mol. The lowest BCUT2D eigenvalue weighted by molar-refractivity contribution is -0.127. The minimum atomic E-state index is -3.63. The summed E-state index contributed by atoms with van der Waals surface area (Å²) < 4.78 is 44.3. The van der Waals surface area contributed by atoms with Crippen molar-refractivity contribution in [3.05, 3.63) is 18.2 Å². The number of nitrogens with zero attached hydrogens (tertiary/aromatic N) is 1. The second kappa shape index (κ2) is 6.71. The molecule has 1 spiro atoms. The Morgan fingerprint density at radius 2 is 1.77 bits per heavy atom. The number of hydrogen-bond donors (Lipinski definition) is 1. The minimum absolute atomic E-state index is 0.0364. The summed E-state index contributed by atoms with van der Waals surface area (Å²) in [5.74, 6) is 0.978. The van der Waals surface area contributed by atoms with E-state index in [4.69, 9.17) is 14.2 Å². The second-order valence-electron chi connectivity index (χ2n) is 6.77. The molecule has 0 aliphatic carbocycles. The molecule has 0 radical (unpaired) electrons. The van der Waals surface area contributed by atoms with E-state index in [0.717, 1.165) is 0 Å². The summed E-state index contributed by atoms with van der Waals surface area (Å²) in [6.07, 6.45) is 1.29. The zero-order chi connectivity index (χ0) is 18.2. The van der Waals surface area contributed by atoms with Gasteiger partial charge >= 0.3 is 0 Å². The van der Waals surface area contributed by atoms with Gasteiger partial charge in [-0.2, -0.15) is 4.31 Å². The van der Waals surface area contributed by atoms with Gasteiger partial charge in [-0.05, 0) is 25.0 Å². The van der Waals surface area contributed by atoms with Crippen molar-refractivity contribution in [2.75, 3.05) is 39.5 Å². The fraction of sp³-hybridized carbons (Fsp3) is 0.588. The Kier molecular flexibility index (Phi) is 4.54. The van der Waals surface area contributed by atoms with E-state index in [1.807, 2.05) is 0 Å². The van der Waals surface area contributed by atoms with Crippen LogP contribution < -0.4 is 14.8 Å². The minimum Gasteiger partial charge on any atom is -0.486 e. The quantitative estimate of drug-likeness (QED) is 0.801. The Bertz CT molecular complexity index is 801. The predicted molar refractivity (Wildman–Crippen MR) is 91.7 cm³/mol. The molecule has 0 bridgehead atoms. The Morgan fingerprint density at radius 3 is 2.54 bits per heavy atom. The van der Waals surface area contributed by atoms with Gasteiger partial charge in [0.2, 0.25) is 15.9 Å². The molecule has 2 saturated heterocycles. The van der Waals surface area contributed by atoms with Gasteiger partial charge in [0.1, 0.15) is 13.2 Å². The normalized spacial score (nSPS) is 23.3. The molecule has 142 valence electrons. The van der Waals surface area contributed by atoms with Gasteiger partial charge < -0.3 is 19.5 Å². The largest absolute Gasteiger partial charge is 0.486 e. The van der Waals surface area contributed by atoms with Crippen LogP contribution in [0.1, 0.15) is 19.3 Å². The van der Waals surface area contributed by atoms with Gasteiger partial charge in [0.05, 0.1) is 23.5 Å². The highest BCUT2D eigenvalue weighted by Gasteiger charge is 2.41. The van der Waals surface area contributed by atoms with Gasteiger partial charge in [0.25, 0.3) is 0 Å². The molecule has 3 aliphatic rings. The number of sulfonamides is 1. The molecule has 1 N–H and O–H groups in total. The number of nitrogens with one attached hydrogen (secondary N) is 1. The van der Waals surface area contributed by atoms with Crippen LogP contribution in [-0.4, -0.2) is 63.7 Å². The second-order valence-corrected chi connectivity index (χ2v) is 8.71. The third-order valence-corrected chi connectivity index (χ3v) is 6.99. The first-order chi connectivity index (χ1) is 12.5. The van der Waals surface area contributed by atoms with Crippen LogP contribution in [0, 0.1) is 0 Å². The third-order valence-electron chi connectivity index (χ3n) is 5.10. The maximum Gasteiger partial charge on any atom is 0.243 e. The number of carbonyl (C=O) groups excluding carboxylic acids is 1. The SMILES string of the molecule is O=C1CC2(CCN(S(=O)(=O)c3ccc4c(c3)OCCO4)CC2)OCCN1. The topological polar surface area (TPSA) is 94.2 Å². The Hall–Kier alpha value is -1.84. The molecule has 0 saturated carbocycles. The van der Waals surface area contributed by atoms with Crippen molar-refractivity contribution in [3.63, 3.8) is 0 Å². The summed E-state index contributed by atoms with van der Waals surface area (Å²) >= 11 is 0. The van der Waals surface area contributed by atoms with E-state index in [2.05, 4.69) is 5.32 Å². The fourth-order valence-electron chi connectivity index (χ4n) is 3.65. The van der Waals surface area contributed by atoms with Crippen LogP contribution in [0.3, 0.4) is 0 Å². The molecular weight excluding hydrogens is 360 g/mol. The first-order valence-electron chi connectivity index (χ1n) is 8.79. The fourth-order valence-corrected chi connectivity index (χ4v) is 5.11. The molecule has 4 rings (SSSR count). The van der Waals surface area contributed by atoms with Crippen LogP contribution in [0.2, 0.25) is 0 Å². The number of amides is 1. The zero-order valence-corrected chi connectivity index (χ0v) is 15.2. The molecule has 3 aliphatic heterocycles. The molecule has 0 aromatic heterocycles. The summed E-state index contributed by atoms with van der Waals surface area (Å²) in [6.45, 7) is 2.47. The number of benzene rings is 1. The van der Waals surface area contributed by atoms with Gasteiger partial charge in [0.15, 0.2) is 11.5 Å². The average molecular weight is 382 g/mol. The highest BCUT2D eigenvalue weighted by Crippen LogP contribution is 2.36. The van der Waals surface area contributed by atoms with Gasteiger partial charge in [-0.1, -0.05) is 0 Å². The van der Waals surface area contributed by atoms with Crippen LogP contribution in [0.5, 0.6) is 11.5 Å². The van der Waals surface area contributed by atoms with Crippen molar-refractivity contribution < 1.29 is 27.4 Å². The highest BCUT2D eigenvalue weighted by atomic mass is 32.2. The molecule has 3 heterocycles. The van der Waals surface area contributed by atoms with Crippen molar-refractivity contribution in [3.8, 4) is 11.5 Å². The molecular formula is C17H22N2O6S. The highest BCUT2D eigenvalue weighted by molar-refractivity contribution is 7.89. The third kappa shape index (κ3) is 3.26. The lowest BCUT2D eigenvalue weighted by atomic mass is 9.88. The number of fused-ring (bicyclic) bond motifs is 1. The predicted octanol–water partition coefficient (Wildman–Crippen LogP) is 0.518. The number of ether oxygens (including phenoxy) is 3. The van der Waals surface area contributed by atoms with E-state index >= 15 is 0 Å². The molecule has 0 unspecified atom stereocenters. The Balaban J connectivity index is 1.50. The van der Waals surface area contributed by atoms with Crippen LogP contribution in [-0.2, 0) is 19.6 Å². The first-order valence-corrected chi connectivity index (χ1v) is 10.2. The zero-order valence-electron chi connectivity index (χ0n) is 14.4. The van der Waals surface area contributed by atoms with Crippen LogP contribution in [0.25, 0.3) is 0 Å². The average Bonchev–Trinajstić information content (AvgIpc) is 2.83. The summed E-state index contributed by atoms with van der Waals surface area (Å²) in [7, 11) is -3.63. The van der Waals surface area contributed by atoms with Crippen LogP contribution in [0.15, 0.2) is 23.1 Å². The lowest BCUT2D eigenvalue weighted by Crippen LogP contribution is -2.48. The smallest absolute Gasteiger partial charge is 0.243 e. The van der Waals surface area contributed by atoms with E-state index in [-0.39, 0.29) is 17.2 Å². The number of piperidine rings is 1. The van der Waals surface area contributed by atoms with E-state index in [1.165, 1.54) is 10.4 Å². The maximum atomic E-state index is 13.0. The van der Waals surface area contributed by atoms with Gasteiger partial charge in [-0.15, -0.1) is 0 Å². The van der Waals surface area contributed by atoms with Gasteiger partial charge in [0, 0.05) is 25.7 Å². The van der Waals surface area contributed by atoms with Crippen molar-refractivity contribution in [1.29, 1.82) is 0 Å². The standard InChI is InChI=1S/C17H22N2O6S/c20-16-12-17(25-8-5-18-16)3-6-19(7-4-17)26(21,22)13-1-2-14-15(11-13)24-10-9-23-14/h1-2,11H,3-10,12H2,(H,18,20). The van der Waals surface area contributed by atoms with Gasteiger partial charge in [-0.3, -0.25) is 4.79 Å². The molecule has 0 atom stereocenters. The lowest BCUT2D eigenvalue weighted by Gasteiger charge is -2.39. The molecule has 1 aromatic rings. The van der Waals surface area contributed by atoms with E-state index < -0.39 is 15.6 Å². The van der Waals surface area contributed by atoms with E-state index in [9.17, 15) is 13.2 Å². The van der Waals surface area contributed by atoms with Crippen LogP contribution in [0.4, 0.5) is 0 Å². The Morgan fingerprint density at radius 1 is 1.04 bits per heavy atom. The van der Waals surface area contributed by atoms with Crippen molar-refractivity contribution in [2.45, 2.75) is 29.8 Å². The first kappa shape index (κ1) is 17.6. The van der Waals surface area contributed by atoms with E-state index in [1.54, 1.807) is 12.1 Å². The van der Waals surface area contributed by atoms with Crippen molar-refractivity contribution in [2.24, 2.45) is 0 Å². The number of hydrogen-bond acceptors (Lipinski definition) is 6. The summed E-state index contributed by atoms with van der Waals surface area (Å²) in [6, 6.07) is 4.69. The molecule has 1 aromatic carbocycles. The summed E-state index contributed by atoms with van der Waals surface area (Å²) in [5, 5.41) is 2.79. The number of rotatable bonds is 2. The molecule has 1 amide bonds. The molecule has 2 fully saturated rings. The maximum absolute atomic E-state index is 13.0. The van der Waals surface area contributed by atoms with E-state index in [0.29, 0.717) is 63.8 Å². The van der Waals surface area contributed by atoms with Crippen molar-refractivity contribution in [1.82, 2.24) is 9.62 Å². The molecule has 26 heavy (non-hydrogen) atoms. The Labute approximate surface area is 152 Å². The summed E-state index contributed by atoms with van der Waals surface area (Å²) in [4.78, 5) is 12.0. The van der Waals surface area contributed by atoms with Gasteiger partial charge in [-0.25, -0.2) is 8.42 Å². The van der Waals surface area contributed by atoms with Crippen LogP contribution >= 0.6 is 0 Å².